The van der Waals surface area contributed by atoms with Crippen molar-refractivity contribution in [2.75, 3.05) is 46.4 Å². The standard InChI is InChI=1S/C34H40N4O2/c1-27-11-6-7-14-29(27)25-35-34(39)31-26-38(33-30(31)15-8-16-32(33)40-2)21-10-20-36-18-9-19-37(24-23-36)22-17-28-12-4-3-5-13-28/h3-7,11-15,26H,9-10,17-25H2,1-2H3,(H,35,39). The van der Waals surface area contributed by atoms with Gasteiger partial charge < -0.3 is 24.4 Å². The lowest BCUT2D eigenvalue weighted by atomic mass is 10.1. The Hall–Kier alpha value is -3.79. The van der Waals surface area contributed by atoms with Crippen LogP contribution in [0.15, 0.2) is 66.9 Å². The van der Waals surface area contributed by atoms with Gasteiger partial charge in [-0.15, -0.1) is 0 Å². The van der Waals surface area contributed by atoms with E-state index in [1.165, 1.54) is 17.5 Å². The van der Waals surface area contributed by atoms with Gasteiger partial charge in [-0.25, -0.2) is 0 Å². The van der Waals surface area contributed by atoms with Gasteiger partial charge in [-0.3, -0.25) is 4.79 Å². The van der Waals surface area contributed by atoms with Gasteiger partial charge in [0.15, 0.2) is 5.75 Å². The average Bonchev–Trinajstić information content (AvgIpc) is 3.21. The monoisotopic (exact) mass is 536 g/mol. The molecule has 1 N–H and O–H groups in total. The van der Waals surface area contributed by atoms with Gasteiger partial charge in [0, 0.05) is 44.3 Å². The van der Waals surface area contributed by atoms with Crippen molar-refractivity contribution in [2.24, 2.45) is 0 Å². The fourth-order valence-electron chi connectivity index (χ4n) is 5.66. The van der Waals surface area contributed by atoms with Crippen LogP contribution >= 0.6 is 0 Å². The highest BCUT2D eigenvalue weighted by atomic mass is 16.5. The first-order valence-corrected chi connectivity index (χ1v) is 14.4. The molecule has 3 aromatic carbocycles. The van der Waals surface area contributed by atoms with Gasteiger partial charge in [-0.1, -0.05) is 60.7 Å². The molecule has 1 aliphatic rings. The first-order valence-electron chi connectivity index (χ1n) is 14.4. The Morgan fingerprint density at radius 2 is 1.70 bits per heavy atom. The molecule has 0 atom stereocenters. The molecular formula is C34H40N4O2. The molecule has 2 heterocycles. The highest BCUT2D eigenvalue weighted by Crippen LogP contribution is 2.28. The lowest BCUT2D eigenvalue weighted by molar-refractivity contribution is 0.0952. The van der Waals surface area contributed by atoms with Crippen molar-refractivity contribution in [3.63, 3.8) is 0 Å². The van der Waals surface area contributed by atoms with E-state index in [2.05, 4.69) is 81.2 Å². The number of aromatic nitrogens is 1. The molecule has 0 bridgehead atoms. The summed E-state index contributed by atoms with van der Waals surface area (Å²) >= 11 is 0. The molecule has 0 saturated carbocycles. The number of carbonyl (C=O) groups excluding carboxylic acids is 1. The number of amides is 1. The maximum atomic E-state index is 13.3. The predicted octanol–water partition coefficient (Wildman–Crippen LogP) is 5.13. The van der Waals surface area contributed by atoms with Crippen molar-refractivity contribution < 1.29 is 9.53 Å². The van der Waals surface area contributed by atoms with Crippen LogP contribution in [0.5, 0.6) is 5.75 Å². The maximum Gasteiger partial charge on any atom is 0.253 e. The van der Waals surface area contributed by atoms with E-state index in [0.29, 0.717) is 17.9 Å². The Labute approximate surface area is 238 Å². The Bertz CT molecular complexity index is 1400. The summed E-state index contributed by atoms with van der Waals surface area (Å²) in [5.41, 5.74) is 5.26. The van der Waals surface area contributed by atoms with Gasteiger partial charge >= 0.3 is 0 Å². The SMILES string of the molecule is COc1c#ccc2c(C(=O)NCc3ccccc3C)cn(CCCN3CCCN(CCc4ccccc4)CC3)c12. The summed E-state index contributed by atoms with van der Waals surface area (Å²) in [5.74, 6) is 0.538. The normalized spacial score (nSPS) is 14.6. The van der Waals surface area contributed by atoms with Crippen LogP contribution in [-0.4, -0.2) is 66.7 Å². The summed E-state index contributed by atoms with van der Waals surface area (Å²) in [7, 11) is 1.65. The van der Waals surface area contributed by atoms with Crippen LogP contribution in [0.4, 0.5) is 0 Å². The van der Waals surface area contributed by atoms with Crippen LogP contribution in [0.3, 0.4) is 0 Å². The lowest BCUT2D eigenvalue weighted by Crippen LogP contribution is -2.32. The summed E-state index contributed by atoms with van der Waals surface area (Å²) in [6.07, 6.45) is 5.28. The molecule has 6 heteroatoms. The van der Waals surface area contributed by atoms with Crippen molar-refractivity contribution in [1.29, 1.82) is 0 Å². The number of aryl methyl sites for hydroxylation is 2. The molecule has 0 unspecified atom stereocenters. The van der Waals surface area contributed by atoms with E-state index < -0.39 is 0 Å². The summed E-state index contributed by atoms with van der Waals surface area (Å²) in [4.78, 5) is 18.5. The topological polar surface area (TPSA) is 49.7 Å². The minimum absolute atomic E-state index is 0.0863. The van der Waals surface area contributed by atoms with Gasteiger partial charge in [-0.05, 0) is 74.6 Å². The molecule has 0 radical (unpaired) electrons. The van der Waals surface area contributed by atoms with Crippen molar-refractivity contribution in [1.82, 2.24) is 19.7 Å². The molecule has 4 aromatic rings. The van der Waals surface area contributed by atoms with Gasteiger partial charge in [0.1, 0.15) is 5.52 Å². The third kappa shape index (κ3) is 6.85. The van der Waals surface area contributed by atoms with E-state index in [0.717, 1.165) is 75.1 Å². The third-order valence-corrected chi connectivity index (χ3v) is 8.00. The summed E-state index contributed by atoms with van der Waals surface area (Å²) in [6.45, 7) is 10.0. The lowest BCUT2D eigenvalue weighted by Gasteiger charge is -2.22. The van der Waals surface area contributed by atoms with E-state index in [1.54, 1.807) is 7.11 Å². The molecule has 0 aliphatic carbocycles. The van der Waals surface area contributed by atoms with Crippen LogP contribution in [-0.2, 0) is 19.5 Å². The van der Waals surface area contributed by atoms with Gasteiger partial charge in [0.2, 0.25) is 0 Å². The molecule has 5 rings (SSSR count). The van der Waals surface area contributed by atoms with E-state index >= 15 is 0 Å². The second kappa shape index (κ2) is 13.5. The number of carbonyl (C=O) groups is 1. The Morgan fingerprint density at radius 3 is 2.48 bits per heavy atom. The first-order chi connectivity index (χ1) is 19.6. The summed E-state index contributed by atoms with van der Waals surface area (Å²) in [6, 6.07) is 26.9. The molecule has 208 valence electrons. The second-order valence-corrected chi connectivity index (χ2v) is 10.7. The number of methoxy groups -OCH3 is 1. The van der Waals surface area contributed by atoms with Crippen LogP contribution in [0, 0.1) is 19.1 Å². The van der Waals surface area contributed by atoms with Crippen LogP contribution < -0.4 is 10.1 Å². The number of benzene rings is 2. The fraction of sp³-hybridized carbons (Fsp3) is 0.382. The second-order valence-electron chi connectivity index (χ2n) is 10.7. The number of hydrogen-bond acceptors (Lipinski definition) is 4. The number of nitrogens with one attached hydrogen (secondary N) is 1. The zero-order chi connectivity index (χ0) is 27.7. The molecule has 1 amide bonds. The predicted molar refractivity (Wildman–Crippen MR) is 161 cm³/mol. The fourth-order valence-corrected chi connectivity index (χ4v) is 5.66. The van der Waals surface area contributed by atoms with Crippen molar-refractivity contribution in [3.05, 3.63) is 101 Å². The van der Waals surface area contributed by atoms with Gasteiger partial charge in [0.05, 0.1) is 12.7 Å². The van der Waals surface area contributed by atoms with Gasteiger partial charge in [-0.2, -0.15) is 0 Å². The van der Waals surface area contributed by atoms with Crippen LogP contribution in [0.25, 0.3) is 10.9 Å². The minimum atomic E-state index is -0.0863. The third-order valence-electron chi connectivity index (χ3n) is 8.00. The van der Waals surface area contributed by atoms with Crippen molar-refractivity contribution in [2.45, 2.75) is 39.3 Å². The molecular weight excluding hydrogens is 496 g/mol. The highest BCUT2D eigenvalue weighted by molar-refractivity contribution is 6.08. The largest absolute Gasteiger partial charge is 0.487 e. The quantitative estimate of drug-likeness (QED) is 0.289. The number of nitrogens with zero attached hydrogens (tertiary/aromatic N) is 3. The Kier molecular flexibility index (Phi) is 9.38. The molecule has 40 heavy (non-hydrogen) atoms. The molecule has 1 saturated heterocycles. The van der Waals surface area contributed by atoms with Gasteiger partial charge in [0.25, 0.3) is 5.91 Å². The number of hydrogen-bond donors (Lipinski definition) is 1. The van der Waals surface area contributed by atoms with Crippen molar-refractivity contribution >= 4 is 16.8 Å². The zero-order valence-corrected chi connectivity index (χ0v) is 23.8. The molecule has 0 spiro atoms. The maximum absolute atomic E-state index is 13.3. The number of rotatable bonds is 11. The Morgan fingerprint density at radius 1 is 0.950 bits per heavy atom. The highest BCUT2D eigenvalue weighted by Gasteiger charge is 2.19. The summed E-state index contributed by atoms with van der Waals surface area (Å²) in [5, 5.41) is 3.96. The van der Waals surface area contributed by atoms with Crippen LogP contribution in [0.1, 0.15) is 39.9 Å². The minimum Gasteiger partial charge on any atom is -0.487 e. The molecule has 1 aromatic heterocycles. The van der Waals surface area contributed by atoms with E-state index in [-0.39, 0.29) is 5.91 Å². The van der Waals surface area contributed by atoms with Crippen molar-refractivity contribution in [3.8, 4) is 5.75 Å². The van der Waals surface area contributed by atoms with E-state index in [4.69, 9.17) is 4.74 Å². The smallest absolute Gasteiger partial charge is 0.253 e. The van der Waals surface area contributed by atoms with E-state index in [9.17, 15) is 4.79 Å². The first kappa shape index (κ1) is 27.8. The molecule has 1 fully saturated rings. The number of ether oxygens (including phenoxy) is 1. The zero-order valence-electron chi connectivity index (χ0n) is 23.8. The summed E-state index contributed by atoms with van der Waals surface area (Å²) < 4.78 is 7.79. The van der Waals surface area contributed by atoms with Crippen LogP contribution in [0.2, 0.25) is 0 Å². The molecule has 1 aliphatic heterocycles. The molecule has 6 nitrogen and oxygen atoms in total. The number of fused-ring (bicyclic) bond motifs is 1. The average molecular weight is 537 g/mol. The van der Waals surface area contributed by atoms with E-state index in [1.807, 2.05) is 24.4 Å². The Balaban J connectivity index is 1.19.